The fraction of sp³-hybridized carbons (Fsp3) is 0.0588. The van der Waals surface area contributed by atoms with Crippen LogP contribution in [0.15, 0.2) is 59.1 Å². The molecular formula is C17H13BrClNO2. The first-order valence-corrected chi connectivity index (χ1v) is 7.85. The summed E-state index contributed by atoms with van der Waals surface area (Å²) in [5.74, 6) is -0.481. The number of halogens is 2. The molecule has 0 fully saturated rings. The van der Waals surface area contributed by atoms with Gasteiger partial charge in [0.15, 0.2) is 5.78 Å². The number of nitrogens with one attached hydrogen (secondary N) is 1. The number of carbonyl (C=O) groups excluding carboxylic acids is 2. The van der Waals surface area contributed by atoms with E-state index in [1.54, 1.807) is 30.3 Å². The average Bonchev–Trinajstić information content (AvgIpc) is 2.54. The average molecular weight is 379 g/mol. The summed E-state index contributed by atoms with van der Waals surface area (Å²) in [6.45, 7) is 0. The van der Waals surface area contributed by atoms with Crippen molar-refractivity contribution in [3.8, 4) is 0 Å². The number of benzene rings is 2. The van der Waals surface area contributed by atoms with Gasteiger partial charge in [0, 0.05) is 15.7 Å². The Morgan fingerprint density at radius 3 is 2.27 bits per heavy atom. The summed E-state index contributed by atoms with van der Waals surface area (Å²) in [4.78, 5) is 23.2. The Morgan fingerprint density at radius 1 is 1.05 bits per heavy atom. The molecule has 0 atom stereocenters. The van der Waals surface area contributed by atoms with Crippen LogP contribution in [0.5, 0.6) is 0 Å². The lowest BCUT2D eigenvalue weighted by Gasteiger charge is -2.03. The van der Waals surface area contributed by atoms with Crippen molar-refractivity contribution >= 4 is 51.0 Å². The van der Waals surface area contributed by atoms with Crippen LogP contribution in [0, 0.1) is 0 Å². The summed E-state index contributed by atoms with van der Waals surface area (Å²) < 4.78 is 0.991. The van der Waals surface area contributed by atoms with Crippen LogP contribution in [0.4, 0.5) is 5.69 Å². The molecule has 2 aromatic rings. The molecule has 0 saturated heterocycles. The van der Waals surface area contributed by atoms with E-state index >= 15 is 0 Å². The van der Waals surface area contributed by atoms with Crippen molar-refractivity contribution in [1.29, 1.82) is 0 Å². The second-order valence-corrected chi connectivity index (χ2v) is 5.69. The normalized spacial score (nSPS) is 10.6. The summed E-state index contributed by atoms with van der Waals surface area (Å²) >= 11 is 8.78. The Hall–Kier alpha value is -1.91. The van der Waals surface area contributed by atoms with Crippen LogP contribution in [-0.2, 0) is 4.79 Å². The zero-order valence-corrected chi connectivity index (χ0v) is 13.9. The third-order valence-electron chi connectivity index (χ3n) is 2.87. The molecule has 0 bridgehead atoms. The molecule has 3 nitrogen and oxygen atoms in total. The highest BCUT2D eigenvalue weighted by molar-refractivity contribution is 9.10. The molecule has 0 aliphatic rings. The maximum Gasteiger partial charge on any atom is 0.239 e. The first-order valence-electron chi connectivity index (χ1n) is 6.52. The minimum atomic E-state index is -0.282. The highest BCUT2D eigenvalue weighted by atomic mass is 79.9. The molecule has 5 heteroatoms. The Morgan fingerprint density at radius 2 is 1.68 bits per heavy atom. The molecule has 1 amide bonds. The number of rotatable bonds is 5. The van der Waals surface area contributed by atoms with E-state index in [-0.39, 0.29) is 17.6 Å². The maximum atomic E-state index is 12.1. The lowest BCUT2D eigenvalue weighted by molar-refractivity contribution is -0.113. The van der Waals surface area contributed by atoms with Crippen LogP contribution in [0.2, 0.25) is 0 Å². The van der Waals surface area contributed by atoms with Gasteiger partial charge in [0.05, 0.1) is 0 Å². The van der Waals surface area contributed by atoms with Crippen LogP contribution in [0.1, 0.15) is 15.9 Å². The van der Waals surface area contributed by atoms with Gasteiger partial charge in [0.2, 0.25) is 5.91 Å². The SMILES string of the molecule is O=C(CCl)Nc1ccc(C(=O)/C=C/c2ccc(Br)cc2)cc1. The van der Waals surface area contributed by atoms with Crippen LogP contribution in [-0.4, -0.2) is 17.6 Å². The number of carbonyl (C=O) groups is 2. The van der Waals surface area contributed by atoms with E-state index in [0.717, 1.165) is 10.0 Å². The Balaban J connectivity index is 2.03. The van der Waals surface area contributed by atoms with Gasteiger partial charge < -0.3 is 5.32 Å². The molecule has 0 saturated carbocycles. The molecule has 112 valence electrons. The van der Waals surface area contributed by atoms with Gasteiger partial charge >= 0.3 is 0 Å². The summed E-state index contributed by atoms with van der Waals surface area (Å²) in [7, 11) is 0. The largest absolute Gasteiger partial charge is 0.325 e. The van der Waals surface area contributed by atoms with Crippen molar-refractivity contribution in [2.24, 2.45) is 0 Å². The van der Waals surface area contributed by atoms with E-state index in [9.17, 15) is 9.59 Å². The second-order valence-electron chi connectivity index (χ2n) is 4.51. The summed E-state index contributed by atoms with van der Waals surface area (Å²) in [6.07, 6.45) is 3.29. The van der Waals surface area contributed by atoms with Gasteiger partial charge in [-0.3, -0.25) is 9.59 Å². The van der Waals surface area contributed by atoms with Gasteiger partial charge in [-0.25, -0.2) is 0 Å². The van der Waals surface area contributed by atoms with Crippen molar-refractivity contribution in [1.82, 2.24) is 0 Å². The molecular weight excluding hydrogens is 366 g/mol. The van der Waals surface area contributed by atoms with E-state index in [2.05, 4.69) is 21.2 Å². The van der Waals surface area contributed by atoms with Gasteiger partial charge in [-0.05, 0) is 48.0 Å². The lowest BCUT2D eigenvalue weighted by atomic mass is 10.1. The zero-order chi connectivity index (χ0) is 15.9. The molecule has 0 aromatic heterocycles. The van der Waals surface area contributed by atoms with E-state index in [1.165, 1.54) is 6.08 Å². The fourth-order valence-corrected chi connectivity index (χ4v) is 2.09. The molecule has 0 aliphatic heterocycles. The zero-order valence-electron chi connectivity index (χ0n) is 11.6. The summed E-state index contributed by atoms with van der Waals surface area (Å²) in [5.41, 5.74) is 2.11. The minimum Gasteiger partial charge on any atom is -0.325 e. The topological polar surface area (TPSA) is 46.2 Å². The molecule has 0 heterocycles. The number of anilines is 1. The second kappa shape index (κ2) is 7.92. The van der Waals surface area contributed by atoms with Gasteiger partial charge in [0.25, 0.3) is 0 Å². The molecule has 2 aromatic carbocycles. The number of allylic oxidation sites excluding steroid dienone is 1. The first kappa shape index (κ1) is 16.5. The van der Waals surface area contributed by atoms with Crippen molar-refractivity contribution in [3.63, 3.8) is 0 Å². The minimum absolute atomic E-state index is 0.0989. The third kappa shape index (κ3) is 4.83. The predicted octanol–water partition coefficient (Wildman–Crippen LogP) is 4.52. The van der Waals surface area contributed by atoms with E-state index in [0.29, 0.717) is 11.3 Å². The number of ketones is 1. The number of amides is 1. The van der Waals surface area contributed by atoms with E-state index < -0.39 is 0 Å². The van der Waals surface area contributed by atoms with Crippen LogP contribution in [0.25, 0.3) is 6.08 Å². The molecule has 0 radical (unpaired) electrons. The van der Waals surface area contributed by atoms with Crippen LogP contribution < -0.4 is 5.32 Å². The molecule has 0 aliphatic carbocycles. The Bertz CT molecular complexity index is 694. The van der Waals surface area contributed by atoms with Crippen molar-refractivity contribution < 1.29 is 9.59 Å². The van der Waals surface area contributed by atoms with Crippen LogP contribution in [0.3, 0.4) is 0 Å². The predicted molar refractivity (Wildman–Crippen MR) is 93.3 cm³/mol. The fourth-order valence-electron chi connectivity index (χ4n) is 1.75. The van der Waals surface area contributed by atoms with Crippen molar-refractivity contribution in [3.05, 3.63) is 70.2 Å². The number of hydrogen-bond donors (Lipinski definition) is 1. The van der Waals surface area contributed by atoms with Crippen molar-refractivity contribution in [2.45, 2.75) is 0 Å². The highest BCUT2D eigenvalue weighted by Gasteiger charge is 2.03. The monoisotopic (exact) mass is 377 g/mol. The molecule has 0 spiro atoms. The van der Waals surface area contributed by atoms with Crippen molar-refractivity contribution in [2.75, 3.05) is 11.2 Å². The Kier molecular flexibility index (Phi) is 5.92. The highest BCUT2D eigenvalue weighted by Crippen LogP contribution is 2.13. The molecule has 0 unspecified atom stereocenters. The standard InChI is InChI=1S/C17H13BrClNO2/c18-14-6-1-12(2-7-14)3-10-16(21)13-4-8-15(9-5-13)20-17(22)11-19/h1-10H,11H2,(H,20,22)/b10-3+. The first-order chi connectivity index (χ1) is 10.6. The Labute approximate surface area is 142 Å². The van der Waals surface area contributed by atoms with Gasteiger partial charge in [-0.1, -0.05) is 34.1 Å². The quantitative estimate of drug-likeness (QED) is 0.472. The van der Waals surface area contributed by atoms with E-state index in [1.807, 2.05) is 24.3 Å². The van der Waals surface area contributed by atoms with E-state index in [4.69, 9.17) is 11.6 Å². The molecule has 1 N–H and O–H groups in total. The molecule has 22 heavy (non-hydrogen) atoms. The van der Waals surface area contributed by atoms with Gasteiger partial charge in [0.1, 0.15) is 5.88 Å². The lowest BCUT2D eigenvalue weighted by Crippen LogP contribution is -2.12. The number of hydrogen-bond acceptors (Lipinski definition) is 2. The number of alkyl halides is 1. The third-order valence-corrected chi connectivity index (χ3v) is 3.64. The summed E-state index contributed by atoms with van der Waals surface area (Å²) in [6, 6.07) is 14.3. The molecule has 2 rings (SSSR count). The smallest absolute Gasteiger partial charge is 0.239 e. The summed E-state index contributed by atoms with van der Waals surface area (Å²) in [5, 5.41) is 2.62. The maximum absolute atomic E-state index is 12.1. The van der Waals surface area contributed by atoms with Crippen LogP contribution >= 0.6 is 27.5 Å². The van der Waals surface area contributed by atoms with Gasteiger partial charge in [-0.15, -0.1) is 11.6 Å². The van der Waals surface area contributed by atoms with Gasteiger partial charge in [-0.2, -0.15) is 0 Å².